The number of esters is 1. The predicted octanol–water partition coefficient (Wildman–Crippen LogP) is 3.97. The fraction of sp³-hybridized carbons (Fsp3) is 0.182. The van der Waals surface area contributed by atoms with Gasteiger partial charge in [-0.05, 0) is 36.8 Å². The van der Waals surface area contributed by atoms with Gasteiger partial charge in [0.2, 0.25) is 0 Å². The number of aryl methyl sites for hydroxylation is 1. The highest BCUT2D eigenvalue weighted by atomic mass is 16.7. The lowest BCUT2D eigenvalue weighted by molar-refractivity contribution is -0.385. The molecule has 1 aromatic heterocycles. The Balaban J connectivity index is 1.51. The van der Waals surface area contributed by atoms with Gasteiger partial charge in [-0.2, -0.15) is 0 Å². The number of ether oxygens (including phenoxy) is 3. The number of fused-ring (bicyclic) bond motifs is 1. The monoisotopic (exact) mass is 438 g/mol. The molecule has 0 saturated carbocycles. The molecule has 0 spiro atoms. The molecule has 32 heavy (non-hydrogen) atoms. The van der Waals surface area contributed by atoms with Crippen molar-refractivity contribution in [2.45, 2.75) is 20.1 Å². The maximum Gasteiger partial charge on any atom is 0.338 e. The van der Waals surface area contributed by atoms with E-state index in [4.69, 9.17) is 18.6 Å². The molecule has 3 aromatic rings. The van der Waals surface area contributed by atoms with Crippen molar-refractivity contribution in [1.82, 2.24) is 0 Å². The summed E-state index contributed by atoms with van der Waals surface area (Å²) in [6.45, 7) is 1.71. The molecule has 0 fully saturated rings. The molecule has 0 bridgehead atoms. The fourth-order valence-electron chi connectivity index (χ4n) is 3.20. The first-order valence-electron chi connectivity index (χ1n) is 9.55. The van der Waals surface area contributed by atoms with Crippen molar-refractivity contribution in [2.75, 3.05) is 12.1 Å². The maximum atomic E-state index is 12.6. The third kappa shape index (κ3) is 4.44. The average molecular weight is 438 g/mol. The summed E-state index contributed by atoms with van der Waals surface area (Å²) < 4.78 is 21.1. The molecule has 4 rings (SSSR count). The summed E-state index contributed by atoms with van der Waals surface area (Å²) in [4.78, 5) is 35.6. The number of carbonyl (C=O) groups is 2. The van der Waals surface area contributed by atoms with E-state index in [1.807, 2.05) is 0 Å². The number of furan rings is 1. The van der Waals surface area contributed by atoms with Crippen LogP contribution in [0, 0.1) is 17.0 Å². The van der Waals surface area contributed by atoms with Gasteiger partial charge in [-0.15, -0.1) is 0 Å². The molecule has 0 unspecified atom stereocenters. The number of nitrogens with one attached hydrogen (secondary N) is 1. The molecule has 2 heterocycles. The van der Waals surface area contributed by atoms with Crippen LogP contribution in [0.15, 0.2) is 53.1 Å². The van der Waals surface area contributed by atoms with Crippen molar-refractivity contribution in [1.29, 1.82) is 0 Å². The van der Waals surface area contributed by atoms with Crippen molar-refractivity contribution >= 4 is 23.3 Å². The summed E-state index contributed by atoms with van der Waals surface area (Å²) in [6.07, 6.45) is 1.39. The highest BCUT2D eigenvalue weighted by Crippen LogP contribution is 2.33. The summed E-state index contributed by atoms with van der Waals surface area (Å²) in [5.41, 5.74) is 2.09. The Morgan fingerprint density at radius 2 is 2.06 bits per heavy atom. The van der Waals surface area contributed by atoms with Gasteiger partial charge in [-0.25, -0.2) is 4.79 Å². The first-order valence-corrected chi connectivity index (χ1v) is 9.55. The first-order chi connectivity index (χ1) is 15.4. The van der Waals surface area contributed by atoms with E-state index in [9.17, 15) is 19.7 Å². The zero-order valence-corrected chi connectivity index (χ0v) is 17.0. The first kappa shape index (κ1) is 21.1. The summed E-state index contributed by atoms with van der Waals surface area (Å²) in [7, 11) is 0. The lowest BCUT2D eigenvalue weighted by Gasteiger charge is -2.20. The van der Waals surface area contributed by atoms with Crippen LogP contribution in [0.4, 0.5) is 11.4 Å². The minimum atomic E-state index is -0.661. The SMILES string of the molecule is Cc1ccc(C(=O)OCc2cc([N+](=O)[O-])cc3c2OCOC3)cc1NC(=O)c1ccco1. The van der Waals surface area contributed by atoms with Gasteiger partial charge < -0.3 is 23.9 Å². The maximum absolute atomic E-state index is 12.6. The molecule has 0 atom stereocenters. The molecule has 1 N–H and O–H groups in total. The van der Waals surface area contributed by atoms with Gasteiger partial charge in [0.25, 0.3) is 11.6 Å². The van der Waals surface area contributed by atoms with Crippen molar-refractivity contribution < 1.29 is 33.1 Å². The standard InChI is InChI=1S/C22H18N2O8/c1-13-4-5-14(9-18(13)23-21(25)19-3-2-6-30-19)22(26)31-11-16-8-17(24(27)28)7-15-10-29-12-32-20(15)16/h2-9H,10-12H2,1H3,(H,23,25). The molecule has 10 nitrogen and oxygen atoms in total. The highest BCUT2D eigenvalue weighted by Gasteiger charge is 2.22. The van der Waals surface area contributed by atoms with Gasteiger partial charge >= 0.3 is 5.97 Å². The molecule has 1 aliphatic heterocycles. The minimum Gasteiger partial charge on any atom is -0.467 e. The number of non-ortho nitro benzene ring substituents is 1. The number of nitrogens with zero attached hydrogens (tertiary/aromatic N) is 1. The van der Waals surface area contributed by atoms with E-state index in [1.165, 1.54) is 30.5 Å². The Hall–Kier alpha value is -4.18. The van der Waals surface area contributed by atoms with E-state index in [0.717, 1.165) is 5.56 Å². The number of hydrogen-bond donors (Lipinski definition) is 1. The quantitative estimate of drug-likeness (QED) is 0.348. The number of nitro benzene ring substituents is 1. The molecule has 2 aromatic carbocycles. The lowest BCUT2D eigenvalue weighted by atomic mass is 10.1. The Labute approximate surface area is 181 Å². The normalized spacial score (nSPS) is 12.4. The van der Waals surface area contributed by atoms with E-state index >= 15 is 0 Å². The average Bonchev–Trinajstić information content (AvgIpc) is 3.33. The van der Waals surface area contributed by atoms with Crippen molar-refractivity contribution in [3.8, 4) is 5.75 Å². The summed E-state index contributed by atoms with van der Waals surface area (Å²) in [5, 5.41) is 13.9. The van der Waals surface area contributed by atoms with Gasteiger partial charge in [-0.3, -0.25) is 14.9 Å². The minimum absolute atomic E-state index is 0.00243. The third-order valence-corrected chi connectivity index (χ3v) is 4.81. The molecular formula is C22H18N2O8. The van der Waals surface area contributed by atoms with E-state index in [2.05, 4.69) is 5.32 Å². The Kier molecular flexibility index (Phi) is 5.86. The van der Waals surface area contributed by atoms with Gasteiger partial charge in [-0.1, -0.05) is 6.07 Å². The second-order valence-electron chi connectivity index (χ2n) is 7.00. The van der Waals surface area contributed by atoms with E-state index < -0.39 is 16.8 Å². The summed E-state index contributed by atoms with van der Waals surface area (Å²) in [5.74, 6) is -0.571. The smallest absolute Gasteiger partial charge is 0.338 e. The Bertz CT molecular complexity index is 1190. The van der Waals surface area contributed by atoms with Gasteiger partial charge in [0.1, 0.15) is 12.4 Å². The third-order valence-electron chi connectivity index (χ3n) is 4.81. The largest absolute Gasteiger partial charge is 0.467 e. The number of anilines is 1. The van der Waals surface area contributed by atoms with Crippen LogP contribution in [-0.2, 0) is 22.7 Å². The molecule has 1 aliphatic rings. The van der Waals surface area contributed by atoms with Crippen LogP contribution in [0.3, 0.4) is 0 Å². The zero-order valence-electron chi connectivity index (χ0n) is 17.0. The topological polar surface area (TPSA) is 130 Å². The van der Waals surface area contributed by atoms with E-state index in [0.29, 0.717) is 22.6 Å². The van der Waals surface area contributed by atoms with Crippen LogP contribution in [-0.4, -0.2) is 23.6 Å². The van der Waals surface area contributed by atoms with Crippen molar-refractivity contribution in [2.24, 2.45) is 0 Å². The number of benzene rings is 2. The molecule has 1 amide bonds. The van der Waals surface area contributed by atoms with E-state index in [1.54, 1.807) is 25.1 Å². The van der Waals surface area contributed by atoms with Gasteiger partial charge in [0.15, 0.2) is 12.6 Å². The Morgan fingerprint density at radius 3 is 2.81 bits per heavy atom. The van der Waals surface area contributed by atoms with Crippen LogP contribution in [0.2, 0.25) is 0 Å². The van der Waals surface area contributed by atoms with Crippen LogP contribution >= 0.6 is 0 Å². The van der Waals surface area contributed by atoms with Gasteiger partial charge in [0.05, 0.1) is 23.4 Å². The van der Waals surface area contributed by atoms with Crippen molar-refractivity contribution in [3.63, 3.8) is 0 Å². The molecule has 0 radical (unpaired) electrons. The van der Waals surface area contributed by atoms with Crippen LogP contribution in [0.1, 0.15) is 37.6 Å². The number of amides is 1. The van der Waals surface area contributed by atoms with Gasteiger partial charge in [0, 0.05) is 28.9 Å². The second kappa shape index (κ2) is 8.90. The molecular weight excluding hydrogens is 420 g/mol. The molecule has 0 aliphatic carbocycles. The lowest BCUT2D eigenvalue weighted by Crippen LogP contribution is -2.15. The molecule has 10 heteroatoms. The fourth-order valence-corrected chi connectivity index (χ4v) is 3.20. The number of carbonyl (C=O) groups excluding carboxylic acids is 2. The zero-order chi connectivity index (χ0) is 22.7. The van der Waals surface area contributed by atoms with Crippen LogP contribution in [0.5, 0.6) is 5.75 Å². The van der Waals surface area contributed by atoms with Crippen molar-refractivity contribution in [3.05, 3.63) is 86.9 Å². The number of rotatable bonds is 6. The molecule has 164 valence electrons. The summed E-state index contributed by atoms with van der Waals surface area (Å²) in [6, 6.07) is 10.5. The molecule has 0 saturated heterocycles. The van der Waals surface area contributed by atoms with E-state index in [-0.39, 0.29) is 37.0 Å². The second-order valence-corrected chi connectivity index (χ2v) is 7.00. The summed E-state index contributed by atoms with van der Waals surface area (Å²) >= 11 is 0. The highest BCUT2D eigenvalue weighted by molar-refractivity contribution is 6.03. The number of hydrogen-bond acceptors (Lipinski definition) is 8. The van der Waals surface area contributed by atoms with Crippen LogP contribution in [0.25, 0.3) is 0 Å². The Morgan fingerprint density at radius 1 is 1.22 bits per heavy atom. The predicted molar refractivity (Wildman–Crippen MR) is 110 cm³/mol. The number of nitro groups is 1. The van der Waals surface area contributed by atoms with Crippen LogP contribution < -0.4 is 10.1 Å².